The zero-order valence-corrected chi connectivity index (χ0v) is 37.2. The van der Waals surface area contributed by atoms with Gasteiger partial charge in [0.15, 0.2) is 0 Å². The average Bonchev–Trinajstić information content (AvgIpc) is 3.92. The van der Waals surface area contributed by atoms with Crippen molar-refractivity contribution < 1.29 is 0 Å². The van der Waals surface area contributed by atoms with Gasteiger partial charge in [0.1, 0.15) is 0 Å². The smallest absolute Gasteiger partial charge is 0.0449 e. The topological polar surface area (TPSA) is 0 Å². The molecule has 0 amide bonds. The summed E-state index contributed by atoms with van der Waals surface area (Å²) in [5.41, 5.74) is 14.6. The minimum absolute atomic E-state index is 0.0389. The minimum atomic E-state index is -0.0704. The average molecular weight is 777 g/mol. The van der Waals surface area contributed by atoms with Crippen LogP contribution in [0.3, 0.4) is 0 Å². The lowest BCUT2D eigenvalue weighted by atomic mass is 9.71. The Kier molecular flexibility index (Phi) is 10.3. The van der Waals surface area contributed by atoms with E-state index < -0.39 is 0 Å². The third kappa shape index (κ3) is 8.13. The van der Waals surface area contributed by atoms with Gasteiger partial charge < -0.3 is 0 Å². The van der Waals surface area contributed by atoms with Gasteiger partial charge in [-0.05, 0) is 143 Å². The first-order valence-electron chi connectivity index (χ1n) is 19.6. The molecule has 0 spiro atoms. The molecular weight excluding hydrogens is 721 g/mol. The predicted molar refractivity (Wildman–Crippen MR) is 247 cm³/mol. The van der Waals surface area contributed by atoms with E-state index in [-0.39, 0.29) is 21.7 Å². The first-order chi connectivity index (χ1) is 25.8. The maximum atomic E-state index is 2.51. The Balaban J connectivity index is 1.34. The number of hydrogen-bond donors (Lipinski definition) is 0. The van der Waals surface area contributed by atoms with Gasteiger partial charge in [-0.2, -0.15) is 0 Å². The summed E-state index contributed by atoms with van der Waals surface area (Å²) in [6, 6.07) is 43.8. The van der Waals surface area contributed by atoms with Crippen LogP contribution in [0.15, 0.2) is 121 Å². The van der Waals surface area contributed by atoms with E-state index >= 15 is 0 Å². The van der Waals surface area contributed by atoms with Crippen LogP contribution >= 0.6 is 34.0 Å². The van der Waals surface area contributed by atoms with Crippen molar-refractivity contribution in [3.8, 4) is 63.3 Å². The highest BCUT2D eigenvalue weighted by atomic mass is 32.1. The molecule has 0 radical (unpaired) electrons. The SMILES string of the molecule is CC(C)(C)c1cc(-c2cc(C(C)(C)C)c(-c3ccc(-c4ccc(-c5ccc(-c6cccs6)s5)s4)cc3)c(C(C)(C)C)c2)cc(C(C)(C)C)c1-c1ccccc1. The minimum Gasteiger partial charge on any atom is -0.143 e. The Morgan fingerprint density at radius 2 is 0.673 bits per heavy atom. The highest BCUT2D eigenvalue weighted by Gasteiger charge is 2.31. The first-order valence-corrected chi connectivity index (χ1v) is 22.1. The Morgan fingerprint density at radius 1 is 0.309 bits per heavy atom. The highest BCUT2D eigenvalue weighted by molar-refractivity contribution is 7.27. The molecule has 0 aliphatic heterocycles. The lowest BCUT2D eigenvalue weighted by Gasteiger charge is -2.33. The van der Waals surface area contributed by atoms with Gasteiger partial charge in [0.05, 0.1) is 0 Å². The van der Waals surface area contributed by atoms with E-state index in [1.54, 1.807) is 11.3 Å². The maximum Gasteiger partial charge on any atom is 0.0449 e. The molecule has 0 saturated heterocycles. The monoisotopic (exact) mass is 776 g/mol. The van der Waals surface area contributed by atoms with Gasteiger partial charge in [0, 0.05) is 24.4 Å². The fraction of sp³-hybridized carbons (Fsp3) is 0.308. The second kappa shape index (κ2) is 14.5. The van der Waals surface area contributed by atoms with Gasteiger partial charge in [0.25, 0.3) is 0 Å². The molecule has 0 atom stereocenters. The molecule has 0 aliphatic rings. The van der Waals surface area contributed by atoms with Crippen LogP contribution in [0.2, 0.25) is 0 Å². The summed E-state index contributed by atoms with van der Waals surface area (Å²) >= 11 is 5.57. The molecule has 0 bridgehead atoms. The molecule has 7 aromatic rings. The first kappa shape index (κ1) is 39.2. The Morgan fingerprint density at radius 3 is 1.07 bits per heavy atom. The second-order valence-electron chi connectivity index (χ2n) is 19.1. The van der Waals surface area contributed by atoms with Crippen LogP contribution in [0.4, 0.5) is 0 Å². The van der Waals surface area contributed by atoms with E-state index in [1.165, 1.54) is 85.6 Å². The van der Waals surface area contributed by atoms with E-state index in [0.717, 1.165) is 0 Å². The van der Waals surface area contributed by atoms with Gasteiger partial charge in [-0.25, -0.2) is 0 Å². The molecule has 0 unspecified atom stereocenters. The summed E-state index contributed by atoms with van der Waals surface area (Å²) in [6.07, 6.45) is 0. The van der Waals surface area contributed by atoms with Crippen molar-refractivity contribution >= 4 is 34.0 Å². The van der Waals surface area contributed by atoms with Crippen molar-refractivity contribution in [1.29, 1.82) is 0 Å². The zero-order chi connectivity index (χ0) is 39.5. The van der Waals surface area contributed by atoms with Gasteiger partial charge in [0.2, 0.25) is 0 Å². The van der Waals surface area contributed by atoms with E-state index in [9.17, 15) is 0 Å². The third-order valence-electron chi connectivity index (χ3n) is 10.6. The Hall–Kier alpha value is -4.02. The fourth-order valence-corrected chi connectivity index (χ4v) is 10.6. The quantitative estimate of drug-likeness (QED) is 0.158. The van der Waals surface area contributed by atoms with Crippen LogP contribution in [-0.2, 0) is 21.7 Å². The third-order valence-corrected chi connectivity index (χ3v) is 14.1. The fourth-order valence-electron chi connectivity index (χ4n) is 7.66. The van der Waals surface area contributed by atoms with Crippen LogP contribution < -0.4 is 0 Å². The summed E-state index contributed by atoms with van der Waals surface area (Å²) in [6.45, 7) is 28.4. The van der Waals surface area contributed by atoms with Gasteiger partial charge in [-0.15, -0.1) is 34.0 Å². The Labute approximate surface area is 343 Å². The molecule has 3 heteroatoms. The van der Waals surface area contributed by atoms with Crippen LogP contribution in [0.25, 0.3) is 63.3 Å². The van der Waals surface area contributed by atoms with Crippen molar-refractivity contribution in [3.05, 3.63) is 143 Å². The largest absolute Gasteiger partial charge is 0.143 e. The van der Waals surface area contributed by atoms with Crippen LogP contribution in [0, 0.1) is 0 Å². The lowest BCUT2D eigenvalue weighted by molar-refractivity contribution is 0.570. The van der Waals surface area contributed by atoms with E-state index in [4.69, 9.17) is 0 Å². The number of hydrogen-bond acceptors (Lipinski definition) is 3. The highest BCUT2D eigenvalue weighted by Crippen LogP contribution is 2.48. The molecule has 55 heavy (non-hydrogen) atoms. The number of thiophene rings is 3. The molecule has 0 fully saturated rings. The molecule has 3 aromatic heterocycles. The summed E-state index contributed by atoms with van der Waals surface area (Å²) in [7, 11) is 0. The number of rotatable bonds is 6. The molecule has 7 rings (SSSR count). The van der Waals surface area contributed by atoms with E-state index in [2.05, 4.69) is 204 Å². The summed E-state index contributed by atoms with van der Waals surface area (Å²) in [5, 5.41) is 2.15. The van der Waals surface area contributed by atoms with Crippen LogP contribution in [0.1, 0.15) is 105 Å². The standard InChI is InChI=1S/C52H56S3/c1-49(2,3)38-29-36(30-39(50(4,5)6)47(38)34-17-14-13-15-18-34)37-31-40(51(7,8)9)48(41(32-37)52(10,11)12)35-22-20-33(21-23-35)42-24-25-45(54-42)46-27-26-44(55-46)43-19-16-28-53-43/h13-32H,1-12H3. The van der Waals surface area contributed by atoms with Gasteiger partial charge in [-0.1, -0.05) is 144 Å². The molecule has 3 heterocycles. The molecule has 0 nitrogen and oxygen atoms in total. The number of benzene rings is 4. The summed E-state index contributed by atoms with van der Waals surface area (Å²) < 4.78 is 0. The van der Waals surface area contributed by atoms with E-state index in [0.29, 0.717) is 0 Å². The molecule has 0 aliphatic carbocycles. The summed E-state index contributed by atoms with van der Waals surface area (Å²) in [4.78, 5) is 6.64. The van der Waals surface area contributed by atoms with Crippen molar-refractivity contribution in [2.75, 3.05) is 0 Å². The van der Waals surface area contributed by atoms with Gasteiger partial charge >= 0.3 is 0 Å². The van der Waals surface area contributed by atoms with Crippen molar-refractivity contribution in [2.24, 2.45) is 0 Å². The maximum absolute atomic E-state index is 2.51. The molecular formula is C52H56S3. The Bertz CT molecular complexity index is 2350. The van der Waals surface area contributed by atoms with Crippen LogP contribution in [-0.4, -0.2) is 0 Å². The van der Waals surface area contributed by atoms with Gasteiger partial charge in [-0.3, -0.25) is 0 Å². The second-order valence-corrected chi connectivity index (χ2v) is 22.3. The van der Waals surface area contributed by atoms with Crippen LogP contribution in [0.5, 0.6) is 0 Å². The molecule has 4 aromatic carbocycles. The zero-order valence-electron chi connectivity index (χ0n) is 34.8. The molecule has 0 saturated carbocycles. The molecule has 282 valence electrons. The molecule has 0 N–H and O–H groups in total. The van der Waals surface area contributed by atoms with Crippen molar-refractivity contribution in [2.45, 2.75) is 105 Å². The lowest BCUT2D eigenvalue weighted by Crippen LogP contribution is -2.21. The summed E-state index contributed by atoms with van der Waals surface area (Å²) in [5.74, 6) is 0. The van der Waals surface area contributed by atoms with Crippen molar-refractivity contribution in [3.63, 3.8) is 0 Å². The van der Waals surface area contributed by atoms with E-state index in [1.807, 2.05) is 22.7 Å². The normalized spacial score (nSPS) is 12.7. The van der Waals surface area contributed by atoms with Crippen molar-refractivity contribution in [1.82, 2.24) is 0 Å². The predicted octanol–water partition coefficient (Wildman–Crippen LogP) is 17.1.